The lowest BCUT2D eigenvalue weighted by molar-refractivity contribution is -0.141. The van der Waals surface area contributed by atoms with Crippen molar-refractivity contribution < 1.29 is 27.5 Å². The van der Waals surface area contributed by atoms with Crippen LogP contribution in [0.25, 0.3) is 0 Å². The summed E-state index contributed by atoms with van der Waals surface area (Å²) in [6.45, 7) is 4.67. The predicted octanol–water partition coefficient (Wildman–Crippen LogP) is 4.51. The van der Waals surface area contributed by atoms with Crippen molar-refractivity contribution in [3.8, 4) is 0 Å². The molecule has 0 saturated heterocycles. The number of ether oxygens (including phenoxy) is 1. The smallest absolute Gasteiger partial charge is 0.436 e. The fraction of sp³-hybridized carbons (Fsp3) is 0.320. The van der Waals surface area contributed by atoms with Gasteiger partial charge in [-0.2, -0.15) is 18.3 Å². The molecule has 184 valence electrons. The highest BCUT2D eigenvalue weighted by atomic mass is 19.4. The highest BCUT2D eigenvalue weighted by molar-refractivity contribution is 6.01. The Morgan fingerprint density at radius 3 is 2.34 bits per heavy atom. The van der Waals surface area contributed by atoms with Crippen LogP contribution in [0.2, 0.25) is 0 Å². The molecular formula is C25H25F3N4O3. The van der Waals surface area contributed by atoms with E-state index in [0.717, 1.165) is 11.1 Å². The molecule has 1 amide bonds. The summed E-state index contributed by atoms with van der Waals surface area (Å²) < 4.78 is 47.5. The summed E-state index contributed by atoms with van der Waals surface area (Å²) in [5, 5.41) is 6.41. The molecule has 0 saturated carbocycles. The monoisotopic (exact) mass is 486 g/mol. The maximum absolute atomic E-state index is 13.9. The van der Waals surface area contributed by atoms with Crippen LogP contribution in [0, 0.1) is 6.92 Å². The van der Waals surface area contributed by atoms with E-state index in [9.17, 15) is 22.8 Å². The third-order valence-electron chi connectivity index (χ3n) is 5.98. The maximum Gasteiger partial charge on any atom is 0.436 e. The highest BCUT2D eigenvalue weighted by Crippen LogP contribution is 2.38. The highest BCUT2D eigenvalue weighted by Gasteiger charge is 2.44. The second kappa shape index (κ2) is 9.44. The molecule has 1 aromatic heterocycles. The van der Waals surface area contributed by atoms with Crippen LogP contribution in [0.4, 0.5) is 19.0 Å². The molecule has 0 radical (unpaired) electrons. The number of rotatable bonds is 6. The third-order valence-corrected chi connectivity index (χ3v) is 5.98. The van der Waals surface area contributed by atoms with Gasteiger partial charge in [0.15, 0.2) is 5.69 Å². The summed E-state index contributed by atoms with van der Waals surface area (Å²) in [6.07, 6.45) is -4.79. The fourth-order valence-electron chi connectivity index (χ4n) is 4.10. The predicted molar refractivity (Wildman–Crippen MR) is 123 cm³/mol. The maximum atomic E-state index is 13.9. The second-order valence-corrected chi connectivity index (χ2v) is 8.48. The largest absolute Gasteiger partial charge is 0.465 e. The molecule has 2 heterocycles. The van der Waals surface area contributed by atoms with E-state index in [2.05, 4.69) is 15.2 Å². The van der Waals surface area contributed by atoms with Crippen molar-refractivity contribution in [2.45, 2.75) is 39.2 Å². The fourth-order valence-corrected chi connectivity index (χ4v) is 4.10. The van der Waals surface area contributed by atoms with Gasteiger partial charge in [-0.15, -0.1) is 0 Å². The van der Waals surface area contributed by atoms with Crippen LogP contribution in [0.3, 0.4) is 0 Å². The molecule has 4 rings (SSSR count). The molecule has 0 spiro atoms. The molecule has 0 fully saturated rings. The third kappa shape index (κ3) is 5.01. The SMILES string of the molecule is COC(=O)c1ccc(C(C)NC(=O)c2c(C(F)(F)F)nn3c2N(Cc2ccc(C)cc2)CC3)cc1. The van der Waals surface area contributed by atoms with Crippen molar-refractivity contribution in [1.82, 2.24) is 15.1 Å². The van der Waals surface area contributed by atoms with Gasteiger partial charge in [-0.25, -0.2) is 9.48 Å². The zero-order chi connectivity index (χ0) is 25.3. The number of benzene rings is 2. The van der Waals surface area contributed by atoms with Crippen LogP contribution in [-0.2, 0) is 24.0 Å². The van der Waals surface area contributed by atoms with E-state index in [1.807, 2.05) is 31.2 Å². The summed E-state index contributed by atoms with van der Waals surface area (Å²) in [4.78, 5) is 26.6. The number of aromatic nitrogens is 2. The normalized spacial score (nSPS) is 13.9. The van der Waals surface area contributed by atoms with Gasteiger partial charge in [0.2, 0.25) is 0 Å². The minimum Gasteiger partial charge on any atom is -0.465 e. The van der Waals surface area contributed by atoms with Crippen LogP contribution in [-0.4, -0.2) is 35.3 Å². The Balaban J connectivity index is 1.62. The first kappa shape index (κ1) is 24.3. The lowest BCUT2D eigenvalue weighted by atomic mass is 10.1. The first-order valence-corrected chi connectivity index (χ1v) is 11.1. The lowest BCUT2D eigenvalue weighted by Crippen LogP contribution is -2.31. The number of fused-ring (bicyclic) bond motifs is 1. The van der Waals surface area contributed by atoms with Gasteiger partial charge < -0.3 is 15.0 Å². The van der Waals surface area contributed by atoms with E-state index < -0.39 is 35.4 Å². The van der Waals surface area contributed by atoms with Crippen molar-refractivity contribution in [2.24, 2.45) is 0 Å². The van der Waals surface area contributed by atoms with Gasteiger partial charge in [-0.1, -0.05) is 42.0 Å². The van der Waals surface area contributed by atoms with Gasteiger partial charge in [-0.05, 0) is 37.1 Å². The van der Waals surface area contributed by atoms with Crippen molar-refractivity contribution in [1.29, 1.82) is 0 Å². The number of halogens is 3. The van der Waals surface area contributed by atoms with Crippen LogP contribution >= 0.6 is 0 Å². The molecule has 1 aliphatic heterocycles. The molecule has 10 heteroatoms. The average Bonchev–Trinajstić information content (AvgIpc) is 3.40. The number of hydrogen-bond acceptors (Lipinski definition) is 5. The Morgan fingerprint density at radius 2 is 1.74 bits per heavy atom. The molecule has 1 N–H and O–H groups in total. The molecule has 1 aliphatic rings. The van der Waals surface area contributed by atoms with Gasteiger partial charge in [0, 0.05) is 13.1 Å². The van der Waals surface area contributed by atoms with E-state index in [0.29, 0.717) is 24.2 Å². The molecule has 0 bridgehead atoms. The zero-order valence-electron chi connectivity index (χ0n) is 19.5. The van der Waals surface area contributed by atoms with Gasteiger partial charge in [-0.3, -0.25) is 4.79 Å². The molecule has 1 unspecified atom stereocenters. The Labute approximate surface area is 200 Å². The molecule has 3 aromatic rings. The first-order valence-electron chi connectivity index (χ1n) is 11.1. The van der Waals surface area contributed by atoms with Crippen LogP contribution in [0.15, 0.2) is 48.5 Å². The first-order chi connectivity index (χ1) is 16.6. The standard InChI is InChI=1S/C25H25F3N4O3/c1-15-4-6-17(7-5-15)14-31-12-13-32-23(31)20(21(30-32)25(26,27)28)22(33)29-16(2)18-8-10-19(11-9-18)24(34)35-3/h4-11,16H,12-14H2,1-3H3,(H,29,33). The van der Waals surface area contributed by atoms with E-state index in [4.69, 9.17) is 0 Å². The zero-order valence-corrected chi connectivity index (χ0v) is 19.5. The number of anilines is 1. The van der Waals surface area contributed by atoms with Gasteiger partial charge in [0.05, 0.1) is 25.3 Å². The Morgan fingerprint density at radius 1 is 1.09 bits per heavy atom. The molecule has 1 atom stereocenters. The van der Waals surface area contributed by atoms with Crippen LogP contribution in [0.5, 0.6) is 0 Å². The van der Waals surface area contributed by atoms with Gasteiger partial charge in [0.25, 0.3) is 5.91 Å². The summed E-state index contributed by atoms with van der Waals surface area (Å²) in [7, 11) is 1.27. The average molecular weight is 486 g/mol. The Hall–Kier alpha value is -3.82. The molecule has 35 heavy (non-hydrogen) atoms. The van der Waals surface area contributed by atoms with Gasteiger partial charge >= 0.3 is 12.1 Å². The number of methoxy groups -OCH3 is 1. The minimum atomic E-state index is -4.79. The van der Waals surface area contributed by atoms with Crippen molar-refractivity contribution in [2.75, 3.05) is 18.6 Å². The van der Waals surface area contributed by atoms with E-state index in [-0.39, 0.29) is 12.4 Å². The van der Waals surface area contributed by atoms with Crippen LogP contribution in [0.1, 0.15) is 56.1 Å². The topological polar surface area (TPSA) is 76.5 Å². The molecular weight excluding hydrogens is 461 g/mol. The molecule has 7 nitrogen and oxygen atoms in total. The van der Waals surface area contributed by atoms with E-state index in [1.165, 1.54) is 23.9 Å². The summed E-state index contributed by atoms with van der Waals surface area (Å²) in [6, 6.07) is 13.4. The second-order valence-electron chi connectivity index (χ2n) is 8.48. The quantitative estimate of drug-likeness (QED) is 0.519. The molecule has 0 aliphatic carbocycles. The lowest BCUT2D eigenvalue weighted by Gasteiger charge is -2.21. The number of esters is 1. The number of nitrogens with zero attached hydrogens (tertiary/aromatic N) is 3. The number of carbonyl (C=O) groups excluding carboxylic acids is 2. The Bertz CT molecular complexity index is 1230. The number of nitrogens with one attached hydrogen (secondary N) is 1. The van der Waals surface area contributed by atoms with E-state index >= 15 is 0 Å². The van der Waals surface area contributed by atoms with Crippen LogP contribution < -0.4 is 10.2 Å². The van der Waals surface area contributed by atoms with Crippen molar-refractivity contribution in [3.05, 3.63) is 82.0 Å². The minimum absolute atomic E-state index is 0.156. The summed E-state index contributed by atoms with van der Waals surface area (Å²) >= 11 is 0. The van der Waals surface area contributed by atoms with Crippen molar-refractivity contribution >= 4 is 17.7 Å². The summed E-state index contributed by atoms with van der Waals surface area (Å²) in [5.41, 5.74) is 1.26. The Kier molecular flexibility index (Phi) is 6.56. The number of carbonyl (C=O) groups is 2. The number of aryl methyl sites for hydroxylation is 1. The number of amides is 1. The number of hydrogen-bond donors (Lipinski definition) is 1. The van der Waals surface area contributed by atoms with E-state index in [1.54, 1.807) is 24.0 Å². The number of alkyl halides is 3. The van der Waals surface area contributed by atoms with Crippen molar-refractivity contribution in [3.63, 3.8) is 0 Å². The van der Waals surface area contributed by atoms with Gasteiger partial charge in [0.1, 0.15) is 11.4 Å². The molecule has 2 aromatic carbocycles. The summed E-state index contributed by atoms with van der Waals surface area (Å²) in [5.74, 6) is -1.21.